The van der Waals surface area contributed by atoms with Crippen molar-refractivity contribution in [1.82, 2.24) is 4.57 Å². The Morgan fingerprint density at radius 3 is 1.85 bits per heavy atom. The van der Waals surface area contributed by atoms with Crippen LogP contribution in [0.25, 0.3) is 71.3 Å². The smallest absolute Gasteiger partial charge is 0.0548 e. The van der Waals surface area contributed by atoms with Gasteiger partial charge in [0.25, 0.3) is 0 Å². The van der Waals surface area contributed by atoms with Gasteiger partial charge in [0.15, 0.2) is 0 Å². The number of benzene rings is 8. The largest absolute Gasteiger partial charge is 0.310 e. The third-order valence-electron chi connectivity index (χ3n) is 9.67. The molecule has 0 spiro atoms. The number of hydrogen-bond donors (Lipinski definition) is 0. The number of aromatic nitrogens is 1. The Labute approximate surface area is 267 Å². The first-order valence-electron chi connectivity index (χ1n) is 15.9. The summed E-state index contributed by atoms with van der Waals surface area (Å²) in [4.78, 5) is 2.39. The summed E-state index contributed by atoms with van der Waals surface area (Å²) in [6.45, 7) is 0. The van der Waals surface area contributed by atoms with Crippen LogP contribution in [-0.4, -0.2) is 4.57 Å². The van der Waals surface area contributed by atoms with Crippen LogP contribution in [0, 0.1) is 0 Å². The highest BCUT2D eigenvalue weighted by atomic mass is 15.1. The average Bonchev–Trinajstić information content (AvgIpc) is 3.41. The first kappa shape index (κ1) is 25.2. The molecule has 1 aromatic heterocycles. The van der Waals surface area contributed by atoms with Gasteiger partial charge >= 0.3 is 0 Å². The Kier molecular flexibility index (Phi) is 5.31. The molecule has 214 valence electrons. The van der Waals surface area contributed by atoms with E-state index in [1.54, 1.807) is 0 Å². The van der Waals surface area contributed by atoms with Crippen LogP contribution in [-0.2, 0) is 0 Å². The van der Waals surface area contributed by atoms with Gasteiger partial charge in [-0.25, -0.2) is 0 Å². The van der Waals surface area contributed by atoms with Crippen molar-refractivity contribution in [2.24, 2.45) is 0 Å². The fraction of sp³-hybridized carbons (Fsp3) is 0. The third-order valence-corrected chi connectivity index (χ3v) is 9.67. The zero-order valence-corrected chi connectivity index (χ0v) is 25.1. The van der Waals surface area contributed by atoms with Crippen molar-refractivity contribution < 1.29 is 0 Å². The molecule has 0 unspecified atom stereocenters. The van der Waals surface area contributed by atoms with E-state index < -0.39 is 0 Å². The van der Waals surface area contributed by atoms with Crippen molar-refractivity contribution in [3.8, 4) is 27.9 Å². The van der Waals surface area contributed by atoms with Gasteiger partial charge in [-0.05, 0) is 86.9 Å². The van der Waals surface area contributed by atoms with Crippen LogP contribution in [0.1, 0.15) is 0 Å². The summed E-state index contributed by atoms with van der Waals surface area (Å²) in [7, 11) is 0. The van der Waals surface area contributed by atoms with Crippen molar-refractivity contribution in [2.75, 3.05) is 4.90 Å². The second-order valence-corrected chi connectivity index (χ2v) is 12.1. The summed E-state index contributed by atoms with van der Waals surface area (Å²) in [6, 6.07) is 61.9. The Balaban J connectivity index is 1.28. The minimum absolute atomic E-state index is 1.12. The lowest BCUT2D eigenvalue weighted by Crippen LogP contribution is -2.11. The number of hydrogen-bond acceptors (Lipinski definition) is 1. The summed E-state index contributed by atoms with van der Waals surface area (Å²) in [5.41, 5.74) is 12.2. The highest BCUT2D eigenvalue weighted by Crippen LogP contribution is 2.50. The van der Waals surface area contributed by atoms with Gasteiger partial charge < -0.3 is 9.47 Å². The number of anilines is 3. The van der Waals surface area contributed by atoms with E-state index in [1.807, 2.05) is 0 Å². The lowest BCUT2D eigenvalue weighted by Gasteiger charge is -2.27. The van der Waals surface area contributed by atoms with E-state index >= 15 is 0 Å². The van der Waals surface area contributed by atoms with Crippen molar-refractivity contribution >= 4 is 60.4 Å². The number of rotatable bonds is 4. The Hall–Kier alpha value is -6.12. The molecule has 1 aliphatic rings. The van der Waals surface area contributed by atoms with Gasteiger partial charge in [0.05, 0.1) is 16.7 Å². The molecule has 0 aliphatic heterocycles. The normalized spacial score (nSPS) is 11.9. The maximum absolute atomic E-state index is 2.47. The topological polar surface area (TPSA) is 8.17 Å². The summed E-state index contributed by atoms with van der Waals surface area (Å²) in [5, 5.41) is 7.70. The molecule has 8 aromatic carbocycles. The number of fused-ring (bicyclic) bond motifs is 4. The monoisotopic (exact) mass is 584 g/mol. The molecule has 0 bridgehead atoms. The molecule has 0 amide bonds. The number of nitrogens with zero attached hydrogens (tertiary/aromatic N) is 2. The molecule has 2 nitrogen and oxygen atoms in total. The van der Waals surface area contributed by atoms with E-state index in [0.29, 0.717) is 0 Å². The molecule has 46 heavy (non-hydrogen) atoms. The van der Waals surface area contributed by atoms with Gasteiger partial charge in [0.1, 0.15) is 0 Å². The number of para-hydroxylation sites is 1. The molecular weight excluding hydrogens is 556 g/mol. The summed E-state index contributed by atoms with van der Waals surface area (Å²) in [6.07, 6.45) is 0. The Bertz CT molecular complexity index is 2640. The van der Waals surface area contributed by atoms with Crippen molar-refractivity contribution in [3.05, 3.63) is 170 Å². The zero-order chi connectivity index (χ0) is 30.2. The molecule has 0 saturated carbocycles. The Morgan fingerprint density at radius 1 is 0.370 bits per heavy atom. The van der Waals surface area contributed by atoms with Crippen LogP contribution in [0.15, 0.2) is 170 Å². The van der Waals surface area contributed by atoms with Crippen LogP contribution in [0.3, 0.4) is 0 Å². The molecule has 0 fully saturated rings. The average molecular weight is 585 g/mol. The second kappa shape index (κ2) is 9.69. The quantitative estimate of drug-likeness (QED) is 0.200. The first-order valence-corrected chi connectivity index (χ1v) is 15.9. The van der Waals surface area contributed by atoms with Gasteiger partial charge in [0.2, 0.25) is 0 Å². The van der Waals surface area contributed by atoms with E-state index in [-0.39, 0.29) is 0 Å². The molecule has 9 aromatic rings. The van der Waals surface area contributed by atoms with Crippen molar-refractivity contribution in [1.29, 1.82) is 0 Å². The van der Waals surface area contributed by atoms with Crippen LogP contribution in [0.2, 0.25) is 0 Å². The van der Waals surface area contributed by atoms with Crippen molar-refractivity contribution in [3.63, 3.8) is 0 Å². The van der Waals surface area contributed by atoms with E-state index in [9.17, 15) is 0 Å². The summed E-state index contributed by atoms with van der Waals surface area (Å²) < 4.78 is 2.47. The van der Waals surface area contributed by atoms with Gasteiger partial charge in [-0.2, -0.15) is 0 Å². The predicted molar refractivity (Wildman–Crippen MR) is 195 cm³/mol. The lowest BCUT2D eigenvalue weighted by atomic mass is 9.93. The fourth-order valence-electron chi connectivity index (χ4n) is 7.79. The van der Waals surface area contributed by atoms with Gasteiger partial charge in [-0.1, -0.05) is 121 Å². The van der Waals surface area contributed by atoms with E-state index in [2.05, 4.69) is 179 Å². The highest BCUT2D eigenvalue weighted by Gasteiger charge is 2.25. The highest BCUT2D eigenvalue weighted by molar-refractivity contribution is 6.30. The van der Waals surface area contributed by atoms with E-state index in [0.717, 1.165) is 22.7 Å². The van der Waals surface area contributed by atoms with E-state index in [4.69, 9.17) is 0 Å². The molecule has 1 heterocycles. The first-order chi connectivity index (χ1) is 22.8. The molecular formula is C44H28N2. The molecule has 1 aliphatic carbocycles. The summed E-state index contributed by atoms with van der Waals surface area (Å²) in [5.74, 6) is 0. The fourth-order valence-corrected chi connectivity index (χ4v) is 7.79. The molecule has 0 saturated heterocycles. The van der Waals surface area contributed by atoms with Crippen LogP contribution in [0.4, 0.5) is 17.1 Å². The van der Waals surface area contributed by atoms with Gasteiger partial charge in [0, 0.05) is 33.2 Å². The Morgan fingerprint density at radius 2 is 0.978 bits per heavy atom. The van der Waals surface area contributed by atoms with Crippen LogP contribution >= 0.6 is 0 Å². The minimum Gasteiger partial charge on any atom is -0.310 e. The van der Waals surface area contributed by atoms with Crippen LogP contribution < -0.4 is 4.90 Å². The standard InChI is InChI=1S/C44H28N2/c1-2-15-31(16-3-1)45(39-24-9-13-29-12-4-5-19-34(29)39)32-17-10-18-33(28-32)46-40-25-11-23-38-36-21-7-6-20-35(36)37-22-8-14-30-26-27-41(46)44(42(30)37)43(38)40/h1-28H. The zero-order valence-electron chi connectivity index (χ0n) is 25.1. The van der Waals surface area contributed by atoms with Gasteiger partial charge in [-0.15, -0.1) is 0 Å². The predicted octanol–water partition coefficient (Wildman–Crippen LogP) is 12.2. The SMILES string of the molecule is c1ccc(N(c2cccc(-n3c4cccc5c4c4c6c(cccc6ccc43)-c3ccccc3-5)c2)c2cccc3ccccc23)cc1. The minimum atomic E-state index is 1.12. The molecule has 0 N–H and O–H groups in total. The lowest BCUT2D eigenvalue weighted by molar-refractivity contribution is 1.17. The maximum Gasteiger partial charge on any atom is 0.0548 e. The molecule has 0 radical (unpaired) electrons. The molecule has 10 rings (SSSR count). The second-order valence-electron chi connectivity index (χ2n) is 12.1. The molecule has 0 atom stereocenters. The van der Waals surface area contributed by atoms with Gasteiger partial charge in [-0.3, -0.25) is 0 Å². The third kappa shape index (κ3) is 3.53. The van der Waals surface area contributed by atoms with Crippen molar-refractivity contribution in [2.45, 2.75) is 0 Å². The molecule has 2 heteroatoms. The van der Waals surface area contributed by atoms with E-state index in [1.165, 1.54) is 65.6 Å². The summed E-state index contributed by atoms with van der Waals surface area (Å²) >= 11 is 0. The maximum atomic E-state index is 2.47. The van der Waals surface area contributed by atoms with Crippen LogP contribution in [0.5, 0.6) is 0 Å².